The molecule has 0 aromatic heterocycles. The second-order valence-electron chi connectivity index (χ2n) is 5.14. The Morgan fingerprint density at radius 3 is 2.77 bits per heavy atom. The number of carbonyl (C=O) groups is 1. The lowest BCUT2D eigenvalue weighted by atomic mass is 10.0. The summed E-state index contributed by atoms with van der Waals surface area (Å²) in [6.45, 7) is 2.88. The Balaban J connectivity index is 1.73. The Hall–Kier alpha value is -2.33. The third-order valence-electron chi connectivity index (χ3n) is 3.69. The number of hydrogen-bond acceptors (Lipinski definition) is 4. The number of ether oxygens (including phenoxy) is 2. The molecular formula is C18H19NO3. The van der Waals surface area contributed by atoms with E-state index in [1.807, 2.05) is 18.2 Å². The van der Waals surface area contributed by atoms with Crippen molar-refractivity contribution in [3.05, 3.63) is 65.2 Å². The summed E-state index contributed by atoms with van der Waals surface area (Å²) < 4.78 is 10.8. The molecule has 3 rings (SSSR count). The van der Waals surface area contributed by atoms with Crippen LogP contribution in [0.4, 0.5) is 5.69 Å². The van der Waals surface area contributed by atoms with Gasteiger partial charge in [0.25, 0.3) is 0 Å². The van der Waals surface area contributed by atoms with Gasteiger partial charge in [0.2, 0.25) is 0 Å². The largest absolute Gasteiger partial charge is 0.462 e. The van der Waals surface area contributed by atoms with E-state index in [2.05, 4.69) is 23.5 Å². The zero-order valence-corrected chi connectivity index (χ0v) is 12.5. The topological polar surface area (TPSA) is 47.6 Å². The lowest BCUT2D eigenvalue weighted by Crippen LogP contribution is -2.22. The quantitative estimate of drug-likeness (QED) is 0.877. The third-order valence-corrected chi connectivity index (χ3v) is 3.69. The van der Waals surface area contributed by atoms with Crippen LogP contribution in [0.15, 0.2) is 48.5 Å². The van der Waals surface area contributed by atoms with Crippen molar-refractivity contribution in [3.8, 4) is 0 Å². The molecule has 1 atom stereocenters. The zero-order chi connectivity index (χ0) is 15.4. The molecule has 0 saturated carbocycles. The van der Waals surface area contributed by atoms with Gasteiger partial charge in [-0.15, -0.1) is 0 Å². The Morgan fingerprint density at radius 2 is 2.00 bits per heavy atom. The van der Waals surface area contributed by atoms with E-state index in [-0.39, 0.29) is 12.2 Å². The highest BCUT2D eigenvalue weighted by atomic mass is 16.5. The van der Waals surface area contributed by atoms with Crippen molar-refractivity contribution in [3.63, 3.8) is 0 Å². The van der Waals surface area contributed by atoms with Crippen LogP contribution in [0.3, 0.4) is 0 Å². The van der Waals surface area contributed by atoms with E-state index in [1.165, 1.54) is 11.1 Å². The molecule has 0 radical (unpaired) electrons. The van der Waals surface area contributed by atoms with Crippen molar-refractivity contribution in [2.24, 2.45) is 0 Å². The molecule has 0 fully saturated rings. The van der Waals surface area contributed by atoms with Gasteiger partial charge in [-0.2, -0.15) is 0 Å². The van der Waals surface area contributed by atoms with E-state index < -0.39 is 0 Å². The van der Waals surface area contributed by atoms with Crippen LogP contribution < -0.4 is 5.32 Å². The van der Waals surface area contributed by atoms with Crippen LogP contribution in [0.25, 0.3) is 0 Å². The first-order valence-electron chi connectivity index (χ1n) is 7.51. The average Bonchev–Trinajstić information content (AvgIpc) is 2.56. The molecule has 1 aliphatic heterocycles. The molecule has 2 aromatic carbocycles. The Bertz CT molecular complexity index is 652. The second kappa shape index (κ2) is 6.62. The molecule has 0 aliphatic carbocycles. The zero-order valence-electron chi connectivity index (χ0n) is 12.5. The molecule has 0 saturated heterocycles. The van der Waals surface area contributed by atoms with Crippen molar-refractivity contribution in [2.75, 3.05) is 18.5 Å². The fourth-order valence-electron chi connectivity index (χ4n) is 2.58. The van der Waals surface area contributed by atoms with Gasteiger partial charge < -0.3 is 14.8 Å². The van der Waals surface area contributed by atoms with Crippen molar-refractivity contribution >= 4 is 11.7 Å². The summed E-state index contributed by atoms with van der Waals surface area (Å²) in [4.78, 5) is 11.6. The SMILES string of the molecule is CCOC(=O)c1ccc(NC2OCCc3ccccc32)cc1. The number of hydrogen-bond donors (Lipinski definition) is 1. The van der Waals surface area contributed by atoms with Gasteiger partial charge in [0, 0.05) is 11.3 Å². The lowest BCUT2D eigenvalue weighted by molar-refractivity contribution is 0.0526. The van der Waals surface area contributed by atoms with Crippen molar-refractivity contribution < 1.29 is 14.3 Å². The number of nitrogens with one attached hydrogen (secondary N) is 1. The molecule has 1 aliphatic rings. The van der Waals surface area contributed by atoms with Gasteiger partial charge in [0.1, 0.15) is 0 Å². The van der Waals surface area contributed by atoms with Gasteiger partial charge in [-0.25, -0.2) is 4.79 Å². The van der Waals surface area contributed by atoms with Crippen molar-refractivity contribution in [1.82, 2.24) is 0 Å². The van der Waals surface area contributed by atoms with E-state index in [0.29, 0.717) is 18.8 Å². The predicted octanol–water partition coefficient (Wildman–Crippen LogP) is 3.55. The molecule has 0 bridgehead atoms. The van der Waals surface area contributed by atoms with Crippen LogP contribution in [0.1, 0.15) is 34.6 Å². The first-order valence-corrected chi connectivity index (χ1v) is 7.51. The molecule has 1 heterocycles. The van der Waals surface area contributed by atoms with Gasteiger partial charge in [-0.05, 0) is 43.2 Å². The van der Waals surface area contributed by atoms with E-state index in [0.717, 1.165) is 12.1 Å². The number of fused-ring (bicyclic) bond motifs is 1. The second-order valence-corrected chi connectivity index (χ2v) is 5.14. The molecule has 2 aromatic rings. The Kier molecular flexibility index (Phi) is 4.39. The third kappa shape index (κ3) is 3.12. The highest BCUT2D eigenvalue weighted by molar-refractivity contribution is 5.89. The fraction of sp³-hybridized carbons (Fsp3) is 0.278. The summed E-state index contributed by atoms with van der Waals surface area (Å²) in [6.07, 6.45) is 0.786. The fourth-order valence-corrected chi connectivity index (χ4v) is 2.58. The van der Waals surface area contributed by atoms with E-state index in [9.17, 15) is 4.79 Å². The van der Waals surface area contributed by atoms with E-state index in [1.54, 1.807) is 19.1 Å². The maximum Gasteiger partial charge on any atom is 0.338 e. The Morgan fingerprint density at radius 1 is 1.23 bits per heavy atom. The van der Waals surface area contributed by atoms with Gasteiger partial charge in [0.15, 0.2) is 6.23 Å². The molecule has 114 valence electrons. The Labute approximate surface area is 130 Å². The first-order chi connectivity index (χ1) is 10.8. The normalized spacial score (nSPS) is 16.7. The highest BCUT2D eigenvalue weighted by Crippen LogP contribution is 2.28. The van der Waals surface area contributed by atoms with Gasteiger partial charge in [-0.1, -0.05) is 24.3 Å². The summed E-state index contributed by atoms with van der Waals surface area (Å²) in [7, 11) is 0. The van der Waals surface area contributed by atoms with Crippen molar-refractivity contribution in [1.29, 1.82) is 0 Å². The molecule has 0 amide bonds. The molecule has 4 heteroatoms. The standard InChI is InChI=1S/C18H19NO3/c1-2-21-18(20)14-7-9-15(10-8-14)19-17-16-6-4-3-5-13(16)11-12-22-17/h3-10,17,19H,2,11-12H2,1H3. The molecule has 1 unspecified atom stereocenters. The van der Waals surface area contributed by atoms with E-state index in [4.69, 9.17) is 9.47 Å². The smallest absolute Gasteiger partial charge is 0.338 e. The minimum Gasteiger partial charge on any atom is -0.462 e. The van der Waals surface area contributed by atoms with Crippen LogP contribution in [0.5, 0.6) is 0 Å². The van der Waals surface area contributed by atoms with Crippen molar-refractivity contribution in [2.45, 2.75) is 19.6 Å². The number of esters is 1. The monoisotopic (exact) mass is 297 g/mol. The molecule has 22 heavy (non-hydrogen) atoms. The number of carbonyl (C=O) groups excluding carboxylic acids is 1. The highest BCUT2D eigenvalue weighted by Gasteiger charge is 2.20. The summed E-state index contributed by atoms with van der Waals surface area (Å²) in [5, 5.41) is 3.36. The first kappa shape index (κ1) is 14.6. The molecule has 1 N–H and O–H groups in total. The maximum atomic E-state index is 11.6. The summed E-state index contributed by atoms with van der Waals surface area (Å²) in [5.41, 5.74) is 3.95. The van der Waals surface area contributed by atoms with Gasteiger partial charge in [-0.3, -0.25) is 0 Å². The van der Waals surface area contributed by atoms with Crippen LogP contribution in [-0.4, -0.2) is 19.2 Å². The summed E-state index contributed by atoms with van der Waals surface area (Å²) >= 11 is 0. The van der Waals surface area contributed by atoms with Gasteiger partial charge >= 0.3 is 5.97 Å². The summed E-state index contributed by atoms with van der Waals surface area (Å²) in [5.74, 6) is -0.298. The number of benzene rings is 2. The van der Waals surface area contributed by atoms with Crippen LogP contribution in [0, 0.1) is 0 Å². The molecule has 4 nitrogen and oxygen atoms in total. The molecular weight excluding hydrogens is 278 g/mol. The summed E-state index contributed by atoms with van der Waals surface area (Å²) in [6, 6.07) is 15.5. The number of rotatable bonds is 4. The maximum absolute atomic E-state index is 11.6. The van der Waals surface area contributed by atoms with E-state index >= 15 is 0 Å². The minimum absolute atomic E-state index is 0.154. The van der Waals surface area contributed by atoms with Crippen LogP contribution in [0.2, 0.25) is 0 Å². The number of anilines is 1. The van der Waals surface area contributed by atoms with Crippen LogP contribution in [-0.2, 0) is 15.9 Å². The minimum atomic E-state index is -0.298. The predicted molar refractivity (Wildman–Crippen MR) is 84.9 cm³/mol. The van der Waals surface area contributed by atoms with Gasteiger partial charge in [0.05, 0.1) is 18.8 Å². The average molecular weight is 297 g/mol. The van der Waals surface area contributed by atoms with Crippen LogP contribution >= 0.6 is 0 Å². The molecule has 0 spiro atoms. The lowest BCUT2D eigenvalue weighted by Gasteiger charge is -2.27.